The summed E-state index contributed by atoms with van der Waals surface area (Å²) in [5.41, 5.74) is 1.03. The third-order valence-electron chi connectivity index (χ3n) is 2.72. The molecule has 1 atom stereocenters. The van der Waals surface area contributed by atoms with Crippen molar-refractivity contribution >= 4 is 17.6 Å². The highest BCUT2D eigenvalue weighted by atomic mass is 35.5. The van der Waals surface area contributed by atoms with E-state index >= 15 is 0 Å². The van der Waals surface area contributed by atoms with Gasteiger partial charge < -0.3 is 15.7 Å². The number of nitrogens with one attached hydrogen (secondary N) is 2. The number of aliphatic hydroxyl groups excluding tert-OH is 1. The average Bonchev–Trinajstić information content (AvgIpc) is 2.39. The molecule has 0 saturated heterocycles. The molecule has 0 aliphatic carbocycles. The molecular weight excluding hydrogens is 266 g/mol. The summed E-state index contributed by atoms with van der Waals surface area (Å²) >= 11 is 5.68. The highest BCUT2D eigenvalue weighted by molar-refractivity contribution is 6.29. The number of pyridine rings is 1. The zero-order valence-electron chi connectivity index (χ0n) is 11.0. The number of nitrogens with zero attached hydrogens (tertiary/aromatic N) is 1. The van der Waals surface area contributed by atoms with Gasteiger partial charge in [0.25, 0.3) is 0 Å². The second-order valence-electron chi connectivity index (χ2n) is 4.49. The molecule has 1 aromatic rings. The van der Waals surface area contributed by atoms with Crippen LogP contribution in [0.25, 0.3) is 0 Å². The maximum atomic E-state index is 11.5. The Morgan fingerprint density at radius 1 is 1.47 bits per heavy atom. The van der Waals surface area contributed by atoms with Crippen molar-refractivity contribution in [2.24, 2.45) is 5.92 Å². The first-order valence-corrected chi connectivity index (χ1v) is 6.72. The van der Waals surface area contributed by atoms with Crippen molar-refractivity contribution in [3.8, 4) is 0 Å². The molecule has 106 valence electrons. The second-order valence-corrected chi connectivity index (χ2v) is 4.88. The maximum Gasteiger partial charge on any atom is 0.314 e. The van der Waals surface area contributed by atoms with Crippen LogP contribution >= 0.6 is 11.6 Å². The Kier molecular flexibility index (Phi) is 7.22. The van der Waals surface area contributed by atoms with Crippen LogP contribution in [0.1, 0.15) is 18.9 Å². The summed E-state index contributed by atoms with van der Waals surface area (Å²) < 4.78 is 0. The molecule has 1 aromatic heterocycles. The van der Waals surface area contributed by atoms with Gasteiger partial charge in [0.2, 0.25) is 0 Å². The van der Waals surface area contributed by atoms with E-state index < -0.39 is 0 Å². The summed E-state index contributed by atoms with van der Waals surface area (Å²) in [6.45, 7) is 3.24. The number of amides is 2. The van der Waals surface area contributed by atoms with E-state index in [1.165, 1.54) is 0 Å². The Morgan fingerprint density at radius 3 is 2.89 bits per heavy atom. The van der Waals surface area contributed by atoms with Crippen LogP contribution in [-0.2, 0) is 6.42 Å². The van der Waals surface area contributed by atoms with E-state index in [2.05, 4.69) is 15.6 Å². The minimum absolute atomic E-state index is 0.147. The number of halogens is 1. The SMILES string of the molecule is CC(CCO)CNC(=O)NCCc1ccc(Cl)nc1. The number of rotatable bonds is 7. The van der Waals surface area contributed by atoms with Crippen molar-refractivity contribution in [2.45, 2.75) is 19.8 Å². The molecular formula is C13H20ClN3O2. The maximum absolute atomic E-state index is 11.5. The minimum atomic E-state index is -0.188. The fraction of sp³-hybridized carbons (Fsp3) is 0.538. The standard InChI is InChI=1S/C13H20ClN3O2/c1-10(5-7-18)8-17-13(19)15-6-4-11-2-3-12(14)16-9-11/h2-3,9-10,18H,4-8H2,1H3,(H2,15,17,19). The summed E-state index contributed by atoms with van der Waals surface area (Å²) in [5, 5.41) is 14.7. The number of carbonyl (C=O) groups is 1. The predicted octanol–water partition coefficient (Wildman–Crippen LogP) is 1.60. The third-order valence-corrected chi connectivity index (χ3v) is 2.94. The van der Waals surface area contributed by atoms with Gasteiger partial charge in [-0.15, -0.1) is 0 Å². The Bertz CT molecular complexity index is 384. The van der Waals surface area contributed by atoms with E-state index in [1.807, 2.05) is 13.0 Å². The first kappa shape index (κ1) is 15.7. The summed E-state index contributed by atoms with van der Waals surface area (Å²) in [6, 6.07) is 3.43. The van der Waals surface area contributed by atoms with Gasteiger partial charge in [-0.3, -0.25) is 0 Å². The van der Waals surface area contributed by atoms with Crippen LogP contribution in [0.5, 0.6) is 0 Å². The van der Waals surface area contributed by atoms with Crippen LogP contribution in [0.15, 0.2) is 18.3 Å². The highest BCUT2D eigenvalue weighted by Gasteiger charge is 2.04. The fourth-order valence-electron chi connectivity index (χ4n) is 1.53. The summed E-state index contributed by atoms with van der Waals surface area (Å²) in [4.78, 5) is 15.4. The number of urea groups is 1. The first-order chi connectivity index (χ1) is 9.11. The quantitative estimate of drug-likeness (QED) is 0.666. The monoisotopic (exact) mass is 285 g/mol. The molecule has 0 saturated carbocycles. The molecule has 0 radical (unpaired) electrons. The van der Waals surface area contributed by atoms with Gasteiger partial charge in [0.05, 0.1) is 0 Å². The molecule has 5 nitrogen and oxygen atoms in total. The molecule has 1 heterocycles. The molecule has 1 unspecified atom stereocenters. The van der Waals surface area contributed by atoms with Crippen LogP contribution in [0.2, 0.25) is 5.15 Å². The van der Waals surface area contributed by atoms with Gasteiger partial charge >= 0.3 is 6.03 Å². The zero-order valence-corrected chi connectivity index (χ0v) is 11.8. The van der Waals surface area contributed by atoms with Crippen molar-refractivity contribution in [2.75, 3.05) is 19.7 Å². The summed E-state index contributed by atoms with van der Waals surface area (Å²) in [6.07, 6.45) is 3.10. The van der Waals surface area contributed by atoms with Crippen molar-refractivity contribution in [1.82, 2.24) is 15.6 Å². The molecule has 0 aliphatic rings. The number of hydrogen-bond acceptors (Lipinski definition) is 3. The second kappa shape index (κ2) is 8.72. The fourth-order valence-corrected chi connectivity index (χ4v) is 1.64. The Balaban J connectivity index is 2.15. The number of hydrogen-bond donors (Lipinski definition) is 3. The van der Waals surface area contributed by atoms with Crippen molar-refractivity contribution in [1.29, 1.82) is 0 Å². The smallest absolute Gasteiger partial charge is 0.314 e. The summed E-state index contributed by atoms with van der Waals surface area (Å²) in [5.74, 6) is 0.274. The highest BCUT2D eigenvalue weighted by Crippen LogP contribution is 2.05. The van der Waals surface area contributed by atoms with E-state index in [0.717, 1.165) is 5.56 Å². The molecule has 0 spiro atoms. The van der Waals surface area contributed by atoms with E-state index in [9.17, 15) is 4.79 Å². The molecule has 19 heavy (non-hydrogen) atoms. The largest absolute Gasteiger partial charge is 0.396 e. The number of carbonyl (C=O) groups excluding carboxylic acids is 1. The van der Waals surface area contributed by atoms with Gasteiger partial charge in [0.1, 0.15) is 5.15 Å². The van der Waals surface area contributed by atoms with Crippen LogP contribution in [0.4, 0.5) is 4.79 Å². The lowest BCUT2D eigenvalue weighted by atomic mass is 10.1. The molecule has 1 rings (SSSR count). The first-order valence-electron chi connectivity index (χ1n) is 6.35. The van der Waals surface area contributed by atoms with E-state index in [4.69, 9.17) is 16.7 Å². The Hall–Kier alpha value is -1.33. The average molecular weight is 286 g/mol. The summed E-state index contributed by atoms with van der Waals surface area (Å²) in [7, 11) is 0. The van der Waals surface area contributed by atoms with Gasteiger partial charge in [-0.05, 0) is 30.4 Å². The Labute approximate surface area is 118 Å². The lowest BCUT2D eigenvalue weighted by Gasteiger charge is -2.12. The zero-order chi connectivity index (χ0) is 14.1. The van der Waals surface area contributed by atoms with Crippen LogP contribution in [0.3, 0.4) is 0 Å². The van der Waals surface area contributed by atoms with Gasteiger partial charge in [-0.1, -0.05) is 24.6 Å². The molecule has 2 amide bonds. The molecule has 0 bridgehead atoms. The topological polar surface area (TPSA) is 74.2 Å². The van der Waals surface area contributed by atoms with Crippen molar-refractivity contribution < 1.29 is 9.90 Å². The Morgan fingerprint density at radius 2 is 2.26 bits per heavy atom. The molecule has 0 aromatic carbocycles. The lowest BCUT2D eigenvalue weighted by molar-refractivity contribution is 0.234. The van der Waals surface area contributed by atoms with Gasteiger partial charge in [-0.25, -0.2) is 9.78 Å². The van der Waals surface area contributed by atoms with E-state index in [-0.39, 0.29) is 18.6 Å². The predicted molar refractivity (Wildman–Crippen MR) is 75.2 cm³/mol. The van der Waals surface area contributed by atoms with Crippen LogP contribution in [0, 0.1) is 5.92 Å². The van der Waals surface area contributed by atoms with Gasteiger partial charge in [-0.2, -0.15) is 0 Å². The molecule has 0 fully saturated rings. The molecule has 0 aliphatic heterocycles. The van der Waals surface area contributed by atoms with Crippen molar-refractivity contribution in [3.05, 3.63) is 29.0 Å². The minimum Gasteiger partial charge on any atom is -0.396 e. The molecule has 3 N–H and O–H groups in total. The normalized spacial score (nSPS) is 11.9. The lowest BCUT2D eigenvalue weighted by Crippen LogP contribution is -2.38. The van der Waals surface area contributed by atoms with Crippen molar-refractivity contribution in [3.63, 3.8) is 0 Å². The van der Waals surface area contributed by atoms with Crippen LogP contribution in [-0.4, -0.2) is 35.8 Å². The van der Waals surface area contributed by atoms with E-state index in [0.29, 0.717) is 31.1 Å². The number of aliphatic hydroxyl groups is 1. The van der Waals surface area contributed by atoms with Gasteiger partial charge in [0.15, 0.2) is 0 Å². The molecule has 6 heteroatoms. The van der Waals surface area contributed by atoms with E-state index in [1.54, 1.807) is 12.3 Å². The van der Waals surface area contributed by atoms with Crippen LogP contribution < -0.4 is 10.6 Å². The number of aromatic nitrogens is 1. The van der Waals surface area contributed by atoms with Gasteiger partial charge in [0, 0.05) is 25.9 Å². The third kappa shape index (κ3) is 6.98.